The highest BCUT2D eigenvalue weighted by Crippen LogP contribution is 2.22. The van der Waals surface area contributed by atoms with Crippen LogP contribution < -0.4 is 15.4 Å². The Balaban J connectivity index is 1.95. The molecule has 2 rings (SSSR count). The van der Waals surface area contributed by atoms with Crippen molar-refractivity contribution in [2.24, 2.45) is 0 Å². The number of benzene rings is 1. The zero-order valence-electron chi connectivity index (χ0n) is 16.0. The number of nitrogens with zero attached hydrogens (tertiary/aromatic N) is 2. The van der Waals surface area contributed by atoms with Crippen LogP contribution in [-0.4, -0.2) is 74.0 Å². The summed E-state index contributed by atoms with van der Waals surface area (Å²) in [5.74, 6) is 0.379. The zero-order valence-corrected chi connectivity index (χ0v) is 16.0. The van der Waals surface area contributed by atoms with Crippen molar-refractivity contribution in [1.82, 2.24) is 15.1 Å². The molecule has 1 aromatic carbocycles. The highest BCUT2D eigenvalue weighted by Gasteiger charge is 2.24. The summed E-state index contributed by atoms with van der Waals surface area (Å²) in [5, 5.41) is 6.16. The Morgan fingerprint density at radius 1 is 1.38 bits per heavy atom. The van der Waals surface area contributed by atoms with Gasteiger partial charge in [0.15, 0.2) is 0 Å². The van der Waals surface area contributed by atoms with Crippen LogP contribution in [0.15, 0.2) is 24.3 Å². The third-order valence-electron chi connectivity index (χ3n) is 4.54. The molecule has 0 spiro atoms. The number of piperazine rings is 1. The number of hydrogen-bond donors (Lipinski definition) is 2. The smallest absolute Gasteiger partial charge is 0.244 e. The van der Waals surface area contributed by atoms with Crippen LogP contribution >= 0.6 is 0 Å². The molecule has 7 heteroatoms. The monoisotopic (exact) mass is 362 g/mol. The minimum Gasteiger partial charge on any atom is -0.495 e. The molecule has 2 N–H and O–H groups in total. The second kappa shape index (κ2) is 10.1. The van der Waals surface area contributed by atoms with Crippen molar-refractivity contribution in [2.75, 3.05) is 51.7 Å². The van der Waals surface area contributed by atoms with Crippen LogP contribution in [0.3, 0.4) is 0 Å². The van der Waals surface area contributed by atoms with Crippen molar-refractivity contribution in [3.8, 4) is 5.75 Å². The molecule has 0 aliphatic carbocycles. The van der Waals surface area contributed by atoms with Crippen LogP contribution in [0, 0.1) is 0 Å². The predicted molar refractivity (Wildman–Crippen MR) is 102 cm³/mol. The number of rotatable bonds is 8. The summed E-state index contributed by atoms with van der Waals surface area (Å²) in [5.41, 5.74) is 0.611. The number of ether oxygens (including phenoxy) is 1. The van der Waals surface area contributed by atoms with Crippen LogP contribution in [-0.2, 0) is 9.59 Å². The standard InChI is InChI=1S/C19H30N4O3/c1-4-10-23(19(25)14-22-11-9-20-12-15(22)2)13-18(24)21-16-7-5-6-8-17(16)26-3/h5-8,15,20H,4,9-14H2,1-3H3,(H,21,24)/t15-/m1/s1. The van der Waals surface area contributed by atoms with E-state index in [2.05, 4.69) is 22.5 Å². The fourth-order valence-electron chi connectivity index (χ4n) is 3.06. The average molecular weight is 362 g/mol. The normalized spacial score (nSPS) is 17.6. The third kappa shape index (κ3) is 5.71. The van der Waals surface area contributed by atoms with Gasteiger partial charge in [0, 0.05) is 32.2 Å². The minimum atomic E-state index is -0.218. The highest BCUT2D eigenvalue weighted by atomic mass is 16.5. The second-order valence-electron chi connectivity index (χ2n) is 6.59. The molecule has 7 nitrogen and oxygen atoms in total. The van der Waals surface area contributed by atoms with Crippen LogP contribution in [0.2, 0.25) is 0 Å². The van der Waals surface area contributed by atoms with E-state index >= 15 is 0 Å². The molecule has 1 aliphatic rings. The Kier molecular flexibility index (Phi) is 7.87. The lowest BCUT2D eigenvalue weighted by Crippen LogP contribution is -2.53. The summed E-state index contributed by atoms with van der Waals surface area (Å²) in [4.78, 5) is 29.0. The Morgan fingerprint density at radius 2 is 2.15 bits per heavy atom. The second-order valence-corrected chi connectivity index (χ2v) is 6.59. The van der Waals surface area contributed by atoms with Crippen molar-refractivity contribution in [3.05, 3.63) is 24.3 Å². The third-order valence-corrected chi connectivity index (χ3v) is 4.54. The number of amides is 2. The molecule has 0 bridgehead atoms. The van der Waals surface area contributed by atoms with E-state index in [1.807, 2.05) is 19.1 Å². The maximum Gasteiger partial charge on any atom is 0.244 e. The average Bonchev–Trinajstić information content (AvgIpc) is 2.63. The molecule has 0 unspecified atom stereocenters. The van der Waals surface area contributed by atoms with Gasteiger partial charge in [0.25, 0.3) is 0 Å². The lowest BCUT2D eigenvalue weighted by molar-refractivity contribution is -0.136. The molecule has 2 amide bonds. The van der Waals surface area contributed by atoms with E-state index in [-0.39, 0.29) is 18.4 Å². The Bertz CT molecular complexity index is 608. The molecule has 1 fully saturated rings. The van der Waals surface area contributed by atoms with Gasteiger partial charge in [0.2, 0.25) is 11.8 Å². The molecule has 144 valence electrons. The summed E-state index contributed by atoms with van der Waals surface area (Å²) in [6.45, 7) is 7.70. The quantitative estimate of drug-likeness (QED) is 0.726. The fraction of sp³-hybridized carbons (Fsp3) is 0.579. The summed E-state index contributed by atoms with van der Waals surface area (Å²) < 4.78 is 5.25. The van der Waals surface area contributed by atoms with E-state index in [1.165, 1.54) is 0 Å². The lowest BCUT2D eigenvalue weighted by Gasteiger charge is -2.34. The van der Waals surface area contributed by atoms with Crippen LogP contribution in [0.1, 0.15) is 20.3 Å². The largest absolute Gasteiger partial charge is 0.495 e. The molecule has 0 saturated carbocycles. The van der Waals surface area contributed by atoms with E-state index < -0.39 is 0 Å². The lowest BCUT2D eigenvalue weighted by atomic mass is 10.2. The molecule has 1 aromatic rings. The molecular formula is C19H30N4O3. The summed E-state index contributed by atoms with van der Waals surface area (Å²) in [6.07, 6.45) is 0.810. The molecule has 1 heterocycles. The topological polar surface area (TPSA) is 73.9 Å². The van der Waals surface area contributed by atoms with Gasteiger partial charge in [0.05, 0.1) is 25.9 Å². The van der Waals surface area contributed by atoms with Gasteiger partial charge < -0.3 is 20.3 Å². The van der Waals surface area contributed by atoms with Gasteiger partial charge in [-0.2, -0.15) is 0 Å². The molecule has 1 atom stereocenters. The van der Waals surface area contributed by atoms with Gasteiger partial charge in [-0.1, -0.05) is 19.1 Å². The SMILES string of the molecule is CCCN(CC(=O)Nc1ccccc1OC)C(=O)CN1CCNC[C@H]1C. The van der Waals surface area contributed by atoms with Gasteiger partial charge in [-0.15, -0.1) is 0 Å². The summed E-state index contributed by atoms with van der Waals surface area (Å²) >= 11 is 0. The molecule has 0 radical (unpaired) electrons. The first kappa shape index (κ1) is 20.2. The Hall–Kier alpha value is -2.12. The van der Waals surface area contributed by atoms with Crippen molar-refractivity contribution >= 4 is 17.5 Å². The number of para-hydroxylation sites is 2. The Morgan fingerprint density at radius 3 is 2.85 bits per heavy atom. The van der Waals surface area contributed by atoms with Gasteiger partial charge in [-0.05, 0) is 25.5 Å². The van der Waals surface area contributed by atoms with Crippen LogP contribution in [0.25, 0.3) is 0 Å². The molecule has 1 saturated heterocycles. The van der Waals surface area contributed by atoms with E-state index in [1.54, 1.807) is 24.1 Å². The minimum absolute atomic E-state index is 0.00391. The zero-order chi connectivity index (χ0) is 18.9. The summed E-state index contributed by atoms with van der Waals surface area (Å²) in [6, 6.07) is 7.56. The number of hydrogen-bond acceptors (Lipinski definition) is 5. The van der Waals surface area contributed by atoms with Gasteiger partial charge in [-0.3, -0.25) is 14.5 Å². The van der Waals surface area contributed by atoms with Crippen molar-refractivity contribution in [1.29, 1.82) is 0 Å². The van der Waals surface area contributed by atoms with E-state index in [9.17, 15) is 9.59 Å². The first-order valence-electron chi connectivity index (χ1n) is 9.20. The Labute approximate surface area is 155 Å². The molecule has 0 aromatic heterocycles. The van der Waals surface area contributed by atoms with Crippen LogP contribution in [0.4, 0.5) is 5.69 Å². The number of methoxy groups -OCH3 is 1. The van der Waals surface area contributed by atoms with E-state index in [0.29, 0.717) is 30.6 Å². The van der Waals surface area contributed by atoms with Crippen LogP contribution in [0.5, 0.6) is 5.75 Å². The van der Waals surface area contributed by atoms with Gasteiger partial charge in [-0.25, -0.2) is 0 Å². The predicted octanol–water partition coefficient (Wildman–Crippen LogP) is 1.17. The maximum absolute atomic E-state index is 12.7. The first-order chi connectivity index (χ1) is 12.5. The number of carbonyl (C=O) groups is 2. The highest BCUT2D eigenvalue weighted by molar-refractivity contribution is 5.95. The maximum atomic E-state index is 12.7. The first-order valence-corrected chi connectivity index (χ1v) is 9.20. The van der Waals surface area contributed by atoms with Gasteiger partial charge in [0.1, 0.15) is 5.75 Å². The van der Waals surface area contributed by atoms with E-state index in [4.69, 9.17) is 4.74 Å². The molecule has 1 aliphatic heterocycles. The van der Waals surface area contributed by atoms with Crippen molar-refractivity contribution in [3.63, 3.8) is 0 Å². The van der Waals surface area contributed by atoms with Crippen molar-refractivity contribution < 1.29 is 14.3 Å². The van der Waals surface area contributed by atoms with Crippen molar-refractivity contribution in [2.45, 2.75) is 26.3 Å². The number of anilines is 1. The number of nitrogens with one attached hydrogen (secondary N) is 2. The fourth-order valence-corrected chi connectivity index (χ4v) is 3.06. The molecule has 26 heavy (non-hydrogen) atoms. The van der Waals surface area contributed by atoms with Gasteiger partial charge >= 0.3 is 0 Å². The number of carbonyl (C=O) groups excluding carboxylic acids is 2. The summed E-state index contributed by atoms with van der Waals surface area (Å²) in [7, 11) is 1.56. The molecular weight excluding hydrogens is 332 g/mol. The van der Waals surface area contributed by atoms with E-state index in [0.717, 1.165) is 26.1 Å².